The van der Waals surface area contributed by atoms with Crippen molar-refractivity contribution in [1.82, 2.24) is 0 Å². The van der Waals surface area contributed by atoms with Crippen LogP contribution in [-0.4, -0.2) is 31.1 Å². The van der Waals surface area contributed by atoms with Gasteiger partial charge in [-0.3, -0.25) is 0 Å². The van der Waals surface area contributed by atoms with Crippen molar-refractivity contribution in [1.29, 1.82) is 0 Å². The molecule has 0 bridgehead atoms. The fraction of sp³-hybridized carbons (Fsp3) is 0.462. The highest BCUT2D eigenvalue weighted by molar-refractivity contribution is 7.99. The number of carbonyl (C=O) groups is 1. The molecule has 18 heavy (non-hydrogen) atoms. The Kier molecular flexibility index (Phi) is 5.85. The number of nitrogen functional groups attached to an aromatic ring is 1. The van der Waals surface area contributed by atoms with E-state index in [0.717, 1.165) is 18.7 Å². The van der Waals surface area contributed by atoms with E-state index in [9.17, 15) is 4.79 Å². The second-order valence-corrected chi connectivity index (χ2v) is 5.33. The number of nitrogens with one attached hydrogen (secondary N) is 1. The number of thioether (sulfide) groups is 1. The predicted molar refractivity (Wildman–Crippen MR) is 78.3 cm³/mol. The molecule has 0 saturated carbocycles. The summed E-state index contributed by atoms with van der Waals surface area (Å²) in [7, 11) is 1.35. The van der Waals surface area contributed by atoms with Crippen LogP contribution in [0.15, 0.2) is 18.2 Å². The maximum atomic E-state index is 11.5. The van der Waals surface area contributed by atoms with Gasteiger partial charge in [-0.25, -0.2) is 4.79 Å². The van der Waals surface area contributed by atoms with Crippen LogP contribution in [0.1, 0.15) is 23.7 Å². The summed E-state index contributed by atoms with van der Waals surface area (Å²) in [6, 6.07) is 5.31. The Morgan fingerprint density at radius 1 is 1.56 bits per heavy atom. The molecule has 0 heterocycles. The van der Waals surface area contributed by atoms with Gasteiger partial charge in [0.15, 0.2) is 0 Å². The number of anilines is 2. The van der Waals surface area contributed by atoms with Crippen LogP contribution >= 0.6 is 11.8 Å². The Morgan fingerprint density at radius 2 is 2.28 bits per heavy atom. The smallest absolute Gasteiger partial charge is 0.340 e. The Balaban J connectivity index is 2.65. The summed E-state index contributed by atoms with van der Waals surface area (Å²) < 4.78 is 4.68. The van der Waals surface area contributed by atoms with Crippen molar-refractivity contribution in [3.63, 3.8) is 0 Å². The van der Waals surface area contributed by atoms with Crippen LogP contribution < -0.4 is 11.1 Å². The SMILES string of the molecule is COC(=O)c1cc(NCCC(C)SC)ccc1N. The van der Waals surface area contributed by atoms with Crippen LogP contribution in [-0.2, 0) is 4.74 Å². The predicted octanol–water partition coefficient (Wildman–Crippen LogP) is 2.61. The third kappa shape index (κ3) is 4.14. The summed E-state index contributed by atoms with van der Waals surface area (Å²) in [5, 5.41) is 3.90. The minimum Gasteiger partial charge on any atom is -0.465 e. The third-order valence-corrected chi connectivity index (χ3v) is 3.78. The second kappa shape index (κ2) is 7.16. The quantitative estimate of drug-likeness (QED) is 0.613. The number of esters is 1. The van der Waals surface area contributed by atoms with E-state index < -0.39 is 5.97 Å². The lowest BCUT2D eigenvalue weighted by Crippen LogP contribution is -2.10. The number of hydrogen-bond donors (Lipinski definition) is 2. The van der Waals surface area contributed by atoms with Crippen LogP contribution in [0.5, 0.6) is 0 Å². The molecule has 0 aromatic heterocycles. The third-order valence-electron chi connectivity index (χ3n) is 2.74. The molecule has 0 saturated heterocycles. The van der Waals surface area contributed by atoms with Crippen molar-refractivity contribution < 1.29 is 9.53 Å². The molecule has 0 aliphatic carbocycles. The first-order valence-electron chi connectivity index (χ1n) is 5.83. The number of benzene rings is 1. The molecule has 1 atom stereocenters. The highest BCUT2D eigenvalue weighted by atomic mass is 32.2. The molecule has 1 rings (SSSR count). The normalized spacial score (nSPS) is 11.9. The van der Waals surface area contributed by atoms with E-state index >= 15 is 0 Å². The monoisotopic (exact) mass is 268 g/mol. The number of carbonyl (C=O) groups excluding carboxylic acids is 1. The van der Waals surface area contributed by atoms with Crippen LogP contribution in [0.25, 0.3) is 0 Å². The molecule has 0 amide bonds. The van der Waals surface area contributed by atoms with Crippen molar-refractivity contribution in [2.24, 2.45) is 0 Å². The van der Waals surface area contributed by atoms with E-state index in [-0.39, 0.29) is 0 Å². The van der Waals surface area contributed by atoms with Gasteiger partial charge in [-0.15, -0.1) is 0 Å². The fourth-order valence-corrected chi connectivity index (χ4v) is 1.84. The Morgan fingerprint density at radius 3 is 2.89 bits per heavy atom. The lowest BCUT2D eigenvalue weighted by Gasteiger charge is -2.11. The Hall–Kier alpha value is -1.36. The summed E-state index contributed by atoms with van der Waals surface area (Å²) >= 11 is 1.84. The summed E-state index contributed by atoms with van der Waals surface area (Å²) in [5.41, 5.74) is 7.46. The van der Waals surface area contributed by atoms with Gasteiger partial charge in [0.25, 0.3) is 0 Å². The number of rotatable bonds is 6. The van der Waals surface area contributed by atoms with Crippen LogP contribution in [0.4, 0.5) is 11.4 Å². The van der Waals surface area contributed by atoms with Crippen molar-refractivity contribution in [2.45, 2.75) is 18.6 Å². The first kappa shape index (κ1) is 14.7. The maximum Gasteiger partial charge on any atom is 0.340 e. The van der Waals surface area contributed by atoms with Gasteiger partial charge < -0.3 is 15.8 Å². The molecular weight excluding hydrogens is 248 g/mol. The van der Waals surface area contributed by atoms with Gasteiger partial charge in [0.1, 0.15) is 0 Å². The van der Waals surface area contributed by atoms with E-state index in [2.05, 4.69) is 23.2 Å². The number of methoxy groups -OCH3 is 1. The summed E-state index contributed by atoms with van der Waals surface area (Å²) in [6.45, 7) is 3.06. The molecule has 0 radical (unpaired) electrons. The van der Waals surface area contributed by atoms with Gasteiger partial charge in [-0.1, -0.05) is 6.92 Å². The van der Waals surface area contributed by atoms with E-state index in [1.165, 1.54) is 7.11 Å². The topological polar surface area (TPSA) is 64.3 Å². The molecule has 1 aromatic rings. The van der Waals surface area contributed by atoms with Crippen LogP contribution in [0.2, 0.25) is 0 Å². The summed E-state index contributed by atoms with van der Waals surface area (Å²) in [5.74, 6) is -0.409. The summed E-state index contributed by atoms with van der Waals surface area (Å²) in [6.07, 6.45) is 3.17. The molecule has 0 fully saturated rings. The van der Waals surface area contributed by atoms with Crippen molar-refractivity contribution in [2.75, 3.05) is 31.0 Å². The second-order valence-electron chi connectivity index (χ2n) is 4.06. The maximum absolute atomic E-state index is 11.5. The minimum absolute atomic E-state index is 0.403. The molecule has 3 N–H and O–H groups in total. The molecule has 1 aromatic carbocycles. The number of ether oxygens (including phenoxy) is 1. The van der Waals surface area contributed by atoms with Crippen LogP contribution in [0, 0.1) is 0 Å². The highest BCUT2D eigenvalue weighted by Crippen LogP contribution is 2.19. The molecule has 4 nitrogen and oxygen atoms in total. The lowest BCUT2D eigenvalue weighted by molar-refractivity contribution is 0.0602. The average molecular weight is 268 g/mol. The molecule has 0 aliphatic heterocycles. The van der Waals surface area contributed by atoms with Gasteiger partial charge in [-0.2, -0.15) is 11.8 Å². The Labute approximate surface area is 112 Å². The van der Waals surface area contributed by atoms with Crippen LogP contribution in [0.3, 0.4) is 0 Å². The molecular formula is C13H20N2O2S. The highest BCUT2D eigenvalue weighted by Gasteiger charge is 2.10. The van der Waals surface area contributed by atoms with Crippen molar-refractivity contribution in [3.05, 3.63) is 23.8 Å². The first-order chi connectivity index (χ1) is 8.58. The molecule has 1 unspecified atom stereocenters. The number of nitrogens with two attached hydrogens (primary N) is 1. The first-order valence-corrected chi connectivity index (χ1v) is 7.11. The average Bonchev–Trinajstić information content (AvgIpc) is 2.39. The van der Waals surface area contributed by atoms with Gasteiger partial charge in [-0.05, 0) is 30.9 Å². The molecule has 0 aliphatic rings. The lowest BCUT2D eigenvalue weighted by atomic mass is 10.1. The van der Waals surface area contributed by atoms with Crippen molar-refractivity contribution in [3.8, 4) is 0 Å². The zero-order valence-corrected chi connectivity index (χ0v) is 11.8. The minimum atomic E-state index is -0.409. The van der Waals surface area contributed by atoms with Gasteiger partial charge in [0.05, 0.1) is 12.7 Å². The van der Waals surface area contributed by atoms with Gasteiger partial charge >= 0.3 is 5.97 Å². The molecule has 0 spiro atoms. The van der Waals surface area contributed by atoms with Crippen molar-refractivity contribution >= 4 is 29.1 Å². The van der Waals surface area contributed by atoms with E-state index in [1.54, 1.807) is 12.1 Å². The fourth-order valence-electron chi connectivity index (χ4n) is 1.49. The zero-order valence-electron chi connectivity index (χ0n) is 11.0. The van der Waals surface area contributed by atoms with Gasteiger partial charge in [0, 0.05) is 23.2 Å². The molecule has 5 heteroatoms. The standard InChI is InChI=1S/C13H20N2O2S/c1-9(18-3)6-7-15-10-4-5-12(14)11(8-10)13(16)17-2/h4-5,8-9,15H,6-7,14H2,1-3H3. The van der Waals surface area contributed by atoms with E-state index in [1.807, 2.05) is 17.8 Å². The summed E-state index contributed by atoms with van der Waals surface area (Å²) in [4.78, 5) is 11.5. The zero-order chi connectivity index (χ0) is 13.5. The Bertz CT molecular complexity index is 410. The van der Waals surface area contributed by atoms with E-state index in [4.69, 9.17) is 5.73 Å². The number of hydrogen-bond acceptors (Lipinski definition) is 5. The van der Waals surface area contributed by atoms with Gasteiger partial charge in [0.2, 0.25) is 0 Å². The largest absolute Gasteiger partial charge is 0.465 e. The molecule has 100 valence electrons. The van der Waals surface area contributed by atoms with E-state index in [0.29, 0.717) is 16.5 Å².